The number of ketones is 1. The summed E-state index contributed by atoms with van der Waals surface area (Å²) in [7, 11) is 0. The van der Waals surface area contributed by atoms with E-state index in [1.165, 1.54) is 6.07 Å². The van der Waals surface area contributed by atoms with Crippen molar-refractivity contribution in [3.8, 4) is 11.4 Å². The molecular formula is C15H14F4N2O3. The van der Waals surface area contributed by atoms with Gasteiger partial charge in [0.05, 0.1) is 11.2 Å². The molecule has 0 N–H and O–H groups in total. The van der Waals surface area contributed by atoms with E-state index >= 15 is 0 Å². The van der Waals surface area contributed by atoms with Crippen LogP contribution in [-0.4, -0.2) is 28.1 Å². The zero-order chi connectivity index (χ0) is 18.1. The van der Waals surface area contributed by atoms with Crippen molar-refractivity contribution in [2.75, 3.05) is 6.61 Å². The maximum atomic E-state index is 14.1. The standard InChI is InChI=1S/C15H14F4N2O3/c1-14(2,3)23-7-11(22)8-4-5-9(10(16)6-8)12-20-13(24-21-12)15(17,18)19/h4-6H,7H2,1-3H3. The molecule has 0 radical (unpaired) electrons. The Morgan fingerprint density at radius 2 is 1.92 bits per heavy atom. The van der Waals surface area contributed by atoms with E-state index in [0.29, 0.717) is 0 Å². The van der Waals surface area contributed by atoms with Gasteiger partial charge in [-0.05, 0) is 32.9 Å². The van der Waals surface area contributed by atoms with Crippen LogP contribution in [-0.2, 0) is 10.9 Å². The van der Waals surface area contributed by atoms with Crippen LogP contribution in [0.5, 0.6) is 0 Å². The molecule has 2 rings (SSSR count). The first-order valence-electron chi connectivity index (χ1n) is 6.85. The van der Waals surface area contributed by atoms with Crippen LogP contribution in [0.15, 0.2) is 22.7 Å². The highest BCUT2D eigenvalue weighted by Gasteiger charge is 2.38. The average Bonchev–Trinajstić information content (AvgIpc) is 2.93. The van der Waals surface area contributed by atoms with Crippen molar-refractivity contribution < 1.29 is 31.6 Å². The number of Topliss-reactive ketones (excluding diaryl/α,β-unsaturated/α-hetero) is 1. The zero-order valence-corrected chi connectivity index (χ0v) is 13.1. The van der Waals surface area contributed by atoms with Crippen LogP contribution < -0.4 is 0 Å². The van der Waals surface area contributed by atoms with Gasteiger partial charge < -0.3 is 9.26 Å². The van der Waals surface area contributed by atoms with Gasteiger partial charge in [0.15, 0.2) is 5.78 Å². The Morgan fingerprint density at radius 1 is 1.25 bits per heavy atom. The molecule has 0 amide bonds. The molecule has 24 heavy (non-hydrogen) atoms. The molecule has 1 heterocycles. The lowest BCUT2D eigenvalue weighted by molar-refractivity contribution is -0.159. The molecule has 2 aromatic rings. The van der Waals surface area contributed by atoms with Crippen LogP contribution in [0.1, 0.15) is 37.0 Å². The molecule has 0 bridgehead atoms. The monoisotopic (exact) mass is 346 g/mol. The van der Waals surface area contributed by atoms with E-state index in [-0.39, 0.29) is 17.7 Å². The Hall–Kier alpha value is -2.29. The maximum Gasteiger partial charge on any atom is 0.471 e. The highest BCUT2D eigenvalue weighted by Crippen LogP contribution is 2.30. The number of alkyl halides is 3. The predicted molar refractivity (Wildman–Crippen MR) is 74.7 cm³/mol. The van der Waals surface area contributed by atoms with Crippen LogP contribution in [0.2, 0.25) is 0 Å². The summed E-state index contributed by atoms with van der Waals surface area (Å²) in [6, 6.07) is 3.27. The fourth-order valence-corrected chi connectivity index (χ4v) is 1.68. The van der Waals surface area contributed by atoms with Gasteiger partial charge in [0, 0.05) is 5.56 Å². The van der Waals surface area contributed by atoms with Crippen LogP contribution >= 0.6 is 0 Å². The molecule has 0 saturated heterocycles. The Balaban J connectivity index is 2.21. The van der Waals surface area contributed by atoms with E-state index in [4.69, 9.17) is 4.74 Å². The van der Waals surface area contributed by atoms with Crippen LogP contribution in [0.3, 0.4) is 0 Å². The maximum absolute atomic E-state index is 14.1. The number of hydrogen-bond acceptors (Lipinski definition) is 5. The second-order valence-corrected chi connectivity index (χ2v) is 5.94. The third-order valence-electron chi connectivity index (χ3n) is 2.84. The van der Waals surface area contributed by atoms with Gasteiger partial charge >= 0.3 is 12.1 Å². The minimum absolute atomic E-state index is 0.0278. The van der Waals surface area contributed by atoms with E-state index in [1.54, 1.807) is 20.8 Å². The van der Waals surface area contributed by atoms with Crippen molar-refractivity contribution in [2.45, 2.75) is 32.5 Å². The topological polar surface area (TPSA) is 65.2 Å². The normalized spacial score (nSPS) is 12.5. The van der Waals surface area contributed by atoms with E-state index in [0.717, 1.165) is 12.1 Å². The molecule has 0 aliphatic heterocycles. The number of aromatic nitrogens is 2. The molecule has 9 heteroatoms. The van der Waals surface area contributed by atoms with Gasteiger partial charge in [0.1, 0.15) is 12.4 Å². The molecule has 0 fully saturated rings. The number of halogens is 4. The number of hydrogen-bond donors (Lipinski definition) is 0. The largest absolute Gasteiger partial charge is 0.471 e. The van der Waals surface area contributed by atoms with Gasteiger partial charge in [-0.15, -0.1) is 0 Å². The summed E-state index contributed by atoms with van der Waals surface area (Å²) < 4.78 is 60.7. The number of ether oxygens (including phenoxy) is 1. The fraction of sp³-hybridized carbons (Fsp3) is 0.400. The predicted octanol–water partition coefficient (Wildman–Crippen LogP) is 3.89. The summed E-state index contributed by atoms with van der Waals surface area (Å²) in [5.41, 5.74) is -0.810. The minimum Gasteiger partial charge on any atom is -0.368 e. The summed E-state index contributed by atoms with van der Waals surface area (Å²) in [5.74, 6) is -3.52. The summed E-state index contributed by atoms with van der Waals surface area (Å²) in [6.45, 7) is 5.04. The molecule has 0 aliphatic rings. The SMILES string of the molecule is CC(C)(C)OCC(=O)c1ccc(-c2noc(C(F)(F)F)n2)c(F)c1. The van der Waals surface area contributed by atoms with E-state index in [9.17, 15) is 22.4 Å². The second kappa shape index (κ2) is 6.31. The van der Waals surface area contributed by atoms with Crippen molar-refractivity contribution in [1.29, 1.82) is 0 Å². The van der Waals surface area contributed by atoms with Crippen molar-refractivity contribution in [3.05, 3.63) is 35.5 Å². The Bertz CT molecular complexity index is 748. The molecule has 0 atom stereocenters. The summed E-state index contributed by atoms with van der Waals surface area (Å²) in [5, 5.41) is 3.10. The van der Waals surface area contributed by atoms with Gasteiger partial charge in [0.25, 0.3) is 0 Å². The highest BCUT2D eigenvalue weighted by atomic mass is 19.4. The third-order valence-corrected chi connectivity index (χ3v) is 2.84. The van der Waals surface area contributed by atoms with Gasteiger partial charge in [0.2, 0.25) is 5.82 Å². The Labute approximate surface area is 134 Å². The molecule has 0 aliphatic carbocycles. The first kappa shape index (κ1) is 18.1. The van der Waals surface area contributed by atoms with Gasteiger partial charge in [-0.1, -0.05) is 11.2 Å². The lowest BCUT2D eigenvalue weighted by Gasteiger charge is -2.18. The van der Waals surface area contributed by atoms with Crippen molar-refractivity contribution >= 4 is 5.78 Å². The second-order valence-electron chi connectivity index (χ2n) is 5.94. The highest BCUT2D eigenvalue weighted by molar-refractivity contribution is 5.97. The zero-order valence-electron chi connectivity index (χ0n) is 13.1. The molecule has 1 aromatic carbocycles. The molecule has 5 nitrogen and oxygen atoms in total. The molecule has 0 unspecified atom stereocenters. The van der Waals surface area contributed by atoms with Crippen molar-refractivity contribution in [3.63, 3.8) is 0 Å². The quantitative estimate of drug-likeness (QED) is 0.621. The molecular weight excluding hydrogens is 332 g/mol. The van der Waals surface area contributed by atoms with Crippen molar-refractivity contribution in [2.24, 2.45) is 0 Å². The Kier molecular flexibility index (Phi) is 4.75. The third kappa shape index (κ3) is 4.38. The van der Waals surface area contributed by atoms with E-state index < -0.39 is 35.1 Å². The Morgan fingerprint density at radius 3 is 2.42 bits per heavy atom. The van der Waals surface area contributed by atoms with Crippen LogP contribution in [0.4, 0.5) is 17.6 Å². The van der Waals surface area contributed by atoms with E-state index in [1.807, 2.05) is 0 Å². The molecule has 0 spiro atoms. The lowest BCUT2D eigenvalue weighted by Crippen LogP contribution is -2.23. The molecule has 0 saturated carbocycles. The first-order valence-corrected chi connectivity index (χ1v) is 6.85. The number of carbonyl (C=O) groups excluding carboxylic acids is 1. The van der Waals surface area contributed by atoms with Gasteiger partial charge in [-0.2, -0.15) is 18.2 Å². The molecule has 1 aromatic heterocycles. The number of carbonyl (C=O) groups is 1. The molecule has 130 valence electrons. The van der Waals surface area contributed by atoms with Crippen LogP contribution in [0, 0.1) is 5.82 Å². The number of rotatable bonds is 4. The summed E-state index contributed by atoms with van der Waals surface area (Å²) in [6.07, 6.45) is -4.82. The smallest absolute Gasteiger partial charge is 0.368 e. The van der Waals surface area contributed by atoms with E-state index in [2.05, 4.69) is 14.7 Å². The summed E-state index contributed by atoms with van der Waals surface area (Å²) in [4.78, 5) is 15.0. The van der Waals surface area contributed by atoms with Gasteiger partial charge in [-0.3, -0.25) is 4.79 Å². The average molecular weight is 346 g/mol. The first-order chi connectivity index (χ1) is 11.0. The number of benzene rings is 1. The van der Waals surface area contributed by atoms with Crippen molar-refractivity contribution in [1.82, 2.24) is 10.1 Å². The minimum atomic E-state index is -4.82. The fourth-order valence-electron chi connectivity index (χ4n) is 1.68. The van der Waals surface area contributed by atoms with Crippen LogP contribution in [0.25, 0.3) is 11.4 Å². The lowest BCUT2D eigenvalue weighted by atomic mass is 10.1. The number of nitrogens with zero attached hydrogens (tertiary/aromatic N) is 2. The summed E-state index contributed by atoms with van der Waals surface area (Å²) >= 11 is 0. The van der Waals surface area contributed by atoms with Gasteiger partial charge in [-0.25, -0.2) is 4.39 Å².